The maximum absolute atomic E-state index is 13.2. The van der Waals surface area contributed by atoms with Crippen molar-refractivity contribution < 1.29 is 18.3 Å². The molecule has 0 bridgehead atoms. The summed E-state index contributed by atoms with van der Waals surface area (Å²) in [6.07, 6.45) is -3.72. The summed E-state index contributed by atoms with van der Waals surface area (Å²) in [5.74, 6) is 0.786. The molecule has 0 saturated carbocycles. The minimum absolute atomic E-state index is 0.0123. The second-order valence-electron chi connectivity index (χ2n) is 7.21. The molecule has 11 heteroatoms. The summed E-state index contributed by atoms with van der Waals surface area (Å²) in [6, 6.07) is 5.20. The Kier molecular flexibility index (Phi) is 5.33. The lowest BCUT2D eigenvalue weighted by molar-refractivity contribution is -0.137. The lowest BCUT2D eigenvalue weighted by atomic mass is 10.0. The molecule has 4 rings (SSSR count). The molecule has 1 aliphatic rings. The molecular formula is C19H20ClF3N6O. The van der Waals surface area contributed by atoms with Gasteiger partial charge in [-0.2, -0.15) is 23.0 Å². The van der Waals surface area contributed by atoms with Gasteiger partial charge in [0.05, 0.1) is 22.5 Å². The highest BCUT2D eigenvalue weighted by molar-refractivity contribution is 6.32. The van der Waals surface area contributed by atoms with E-state index >= 15 is 0 Å². The van der Waals surface area contributed by atoms with E-state index in [1.807, 2.05) is 19.9 Å². The van der Waals surface area contributed by atoms with E-state index in [1.165, 1.54) is 12.1 Å². The van der Waals surface area contributed by atoms with Crippen LogP contribution in [0.25, 0.3) is 5.82 Å². The van der Waals surface area contributed by atoms with Gasteiger partial charge in [-0.15, -0.1) is 5.10 Å². The van der Waals surface area contributed by atoms with Crippen molar-refractivity contribution in [3.05, 3.63) is 58.0 Å². The number of benzene rings is 1. The fourth-order valence-corrected chi connectivity index (χ4v) is 4.12. The monoisotopic (exact) mass is 440 g/mol. The molecule has 30 heavy (non-hydrogen) atoms. The minimum atomic E-state index is -4.60. The first kappa shape index (κ1) is 20.8. The fourth-order valence-electron chi connectivity index (χ4n) is 3.79. The number of aromatic nitrogens is 5. The summed E-state index contributed by atoms with van der Waals surface area (Å²) < 4.78 is 43.1. The maximum Gasteiger partial charge on any atom is 0.417 e. The van der Waals surface area contributed by atoms with Gasteiger partial charge in [-0.25, -0.2) is 4.68 Å². The molecule has 2 aromatic heterocycles. The van der Waals surface area contributed by atoms with Gasteiger partial charge in [0.25, 0.3) is 0 Å². The first-order chi connectivity index (χ1) is 14.2. The van der Waals surface area contributed by atoms with Crippen molar-refractivity contribution in [2.75, 3.05) is 0 Å². The van der Waals surface area contributed by atoms with Gasteiger partial charge in [-0.1, -0.05) is 28.9 Å². The van der Waals surface area contributed by atoms with Crippen molar-refractivity contribution in [1.82, 2.24) is 29.7 Å². The molecule has 0 radical (unpaired) electrons. The molecule has 0 aliphatic carbocycles. The molecule has 1 unspecified atom stereocenters. The zero-order valence-electron chi connectivity index (χ0n) is 16.3. The molecular weight excluding hydrogens is 421 g/mol. The Bertz CT molecular complexity index is 1060. The molecule has 160 valence electrons. The van der Waals surface area contributed by atoms with Gasteiger partial charge in [0, 0.05) is 37.2 Å². The van der Waals surface area contributed by atoms with Crippen LogP contribution in [0.15, 0.2) is 30.5 Å². The fraction of sp³-hybridized carbons (Fsp3) is 0.421. The van der Waals surface area contributed by atoms with Gasteiger partial charge < -0.3 is 5.11 Å². The number of hydrogen-bond acceptors (Lipinski definition) is 5. The van der Waals surface area contributed by atoms with Gasteiger partial charge >= 0.3 is 6.18 Å². The lowest BCUT2D eigenvalue weighted by Crippen LogP contribution is -2.41. The van der Waals surface area contributed by atoms with E-state index in [4.69, 9.17) is 11.6 Å². The van der Waals surface area contributed by atoms with Crippen LogP contribution in [0, 0.1) is 0 Å². The molecule has 1 N–H and O–H groups in total. The highest BCUT2D eigenvalue weighted by Crippen LogP contribution is 2.40. The molecule has 0 saturated heterocycles. The number of alkyl halides is 3. The number of halogens is 4. The largest absolute Gasteiger partial charge is 0.417 e. The second-order valence-corrected chi connectivity index (χ2v) is 7.58. The first-order valence-corrected chi connectivity index (χ1v) is 9.85. The van der Waals surface area contributed by atoms with Crippen LogP contribution in [-0.2, 0) is 25.7 Å². The molecule has 0 spiro atoms. The molecule has 7 nitrogen and oxygen atoms in total. The van der Waals surface area contributed by atoms with Gasteiger partial charge in [0.2, 0.25) is 0 Å². The average Bonchev–Trinajstić information content (AvgIpc) is 3.31. The number of rotatable bonds is 4. The number of aliphatic hydroxyl groups excluding tert-OH is 1. The van der Waals surface area contributed by atoms with Crippen molar-refractivity contribution in [1.29, 1.82) is 0 Å². The third-order valence-corrected chi connectivity index (χ3v) is 5.79. The van der Waals surface area contributed by atoms with Gasteiger partial charge in [-0.3, -0.25) is 4.90 Å². The summed E-state index contributed by atoms with van der Waals surface area (Å²) in [4.78, 5) is 1.67. The van der Waals surface area contributed by atoms with E-state index in [9.17, 15) is 18.3 Å². The smallest absolute Gasteiger partial charge is 0.374 e. The van der Waals surface area contributed by atoms with E-state index in [2.05, 4.69) is 15.4 Å². The molecule has 3 aromatic rings. The van der Waals surface area contributed by atoms with Gasteiger partial charge in [0.15, 0.2) is 5.82 Å². The van der Waals surface area contributed by atoms with Crippen LogP contribution in [0.5, 0.6) is 0 Å². The zero-order valence-corrected chi connectivity index (χ0v) is 17.1. The molecule has 1 aliphatic heterocycles. The summed E-state index contributed by atoms with van der Waals surface area (Å²) in [6.45, 7) is 4.76. The summed E-state index contributed by atoms with van der Waals surface area (Å²) >= 11 is 6.01. The third-order valence-electron chi connectivity index (χ3n) is 5.37. The Balaban J connectivity index is 1.65. The average molecular weight is 441 g/mol. The second kappa shape index (κ2) is 7.68. The standard InChI is InChI=1S/C19H20ClF3N6O/c1-3-28-16(7-8-24-28)29-15-9-11(2)27(10-14(15)25-26-29)18(30)12-5-4-6-13(17(12)20)19(21,22)23/h4-8,11,18,30H,3,9-10H2,1-2H3/t11-,18?/m0/s1. The van der Waals surface area contributed by atoms with E-state index in [0.29, 0.717) is 18.7 Å². The van der Waals surface area contributed by atoms with Crippen LogP contribution in [0.1, 0.15) is 42.6 Å². The summed E-state index contributed by atoms with van der Waals surface area (Å²) in [7, 11) is 0. The van der Waals surface area contributed by atoms with Crippen molar-refractivity contribution >= 4 is 11.6 Å². The molecule has 1 aromatic carbocycles. The molecule has 3 heterocycles. The quantitative estimate of drug-likeness (QED) is 0.671. The lowest BCUT2D eigenvalue weighted by Gasteiger charge is -2.36. The predicted octanol–water partition coefficient (Wildman–Crippen LogP) is 3.59. The highest BCUT2D eigenvalue weighted by Gasteiger charge is 2.37. The summed E-state index contributed by atoms with van der Waals surface area (Å²) in [5, 5.41) is 23.1. The zero-order chi connectivity index (χ0) is 21.6. The van der Waals surface area contributed by atoms with Crippen LogP contribution >= 0.6 is 11.6 Å². The topological polar surface area (TPSA) is 72.0 Å². The van der Waals surface area contributed by atoms with Crippen LogP contribution in [0.2, 0.25) is 5.02 Å². The number of fused-ring (bicyclic) bond motifs is 1. The molecule has 2 atom stereocenters. The van der Waals surface area contributed by atoms with Crippen molar-refractivity contribution in [2.45, 2.75) is 51.8 Å². The number of hydrogen-bond donors (Lipinski definition) is 1. The van der Waals surface area contributed by atoms with E-state index in [0.717, 1.165) is 17.6 Å². The number of aryl methyl sites for hydroxylation is 1. The van der Waals surface area contributed by atoms with Crippen molar-refractivity contribution in [3.63, 3.8) is 0 Å². The number of aliphatic hydroxyl groups is 1. The Morgan fingerprint density at radius 3 is 2.77 bits per heavy atom. The predicted molar refractivity (Wildman–Crippen MR) is 103 cm³/mol. The van der Waals surface area contributed by atoms with Crippen LogP contribution < -0.4 is 0 Å². The SMILES string of the molecule is CCn1nccc1-n1nnc2c1C[C@H](C)N(C(O)c1cccc(C(F)(F)F)c1Cl)C2. The summed E-state index contributed by atoms with van der Waals surface area (Å²) in [5.41, 5.74) is 0.582. The Hall–Kier alpha value is -2.43. The Labute approximate surface area is 175 Å². The Morgan fingerprint density at radius 2 is 2.07 bits per heavy atom. The Morgan fingerprint density at radius 1 is 1.30 bits per heavy atom. The van der Waals surface area contributed by atoms with Gasteiger partial charge in [0.1, 0.15) is 11.9 Å². The van der Waals surface area contributed by atoms with Crippen LogP contribution in [-0.4, -0.2) is 40.8 Å². The molecule has 0 fully saturated rings. The molecule has 0 amide bonds. The van der Waals surface area contributed by atoms with E-state index in [1.54, 1.807) is 20.5 Å². The van der Waals surface area contributed by atoms with Crippen LogP contribution in [0.4, 0.5) is 13.2 Å². The third kappa shape index (κ3) is 3.48. The van der Waals surface area contributed by atoms with Crippen molar-refractivity contribution in [3.8, 4) is 5.82 Å². The van der Waals surface area contributed by atoms with Gasteiger partial charge in [-0.05, 0) is 19.9 Å². The highest BCUT2D eigenvalue weighted by atomic mass is 35.5. The van der Waals surface area contributed by atoms with E-state index < -0.39 is 23.0 Å². The van der Waals surface area contributed by atoms with E-state index in [-0.39, 0.29) is 18.2 Å². The normalized spacial score (nSPS) is 18.4. The van der Waals surface area contributed by atoms with Crippen molar-refractivity contribution in [2.24, 2.45) is 0 Å². The maximum atomic E-state index is 13.2. The van der Waals surface area contributed by atoms with Crippen LogP contribution in [0.3, 0.4) is 0 Å². The minimum Gasteiger partial charge on any atom is -0.374 e. The number of nitrogens with zero attached hydrogens (tertiary/aromatic N) is 6. The first-order valence-electron chi connectivity index (χ1n) is 9.47.